The van der Waals surface area contributed by atoms with Crippen molar-refractivity contribution in [2.24, 2.45) is 11.8 Å². The van der Waals surface area contributed by atoms with Gasteiger partial charge in [-0.05, 0) is 36.6 Å². The maximum absolute atomic E-state index is 11.8. The first-order valence-corrected chi connectivity index (χ1v) is 10.4. The fraction of sp³-hybridized carbons (Fsp3) is 0.500. The zero-order valence-electron chi connectivity index (χ0n) is 17.6. The highest BCUT2D eigenvalue weighted by Gasteiger charge is 2.51. The highest BCUT2D eigenvalue weighted by Crippen LogP contribution is 2.49. The fourth-order valence-corrected chi connectivity index (χ4v) is 5.22. The van der Waals surface area contributed by atoms with E-state index in [4.69, 9.17) is 14.2 Å². The Kier molecular flexibility index (Phi) is 5.70. The molecule has 2 fully saturated rings. The van der Waals surface area contributed by atoms with Gasteiger partial charge in [-0.25, -0.2) is 0 Å². The number of nitrogens with zero attached hydrogens (tertiary/aromatic N) is 1. The van der Waals surface area contributed by atoms with Gasteiger partial charge in [0, 0.05) is 43.1 Å². The van der Waals surface area contributed by atoms with Crippen molar-refractivity contribution >= 4 is 0 Å². The third-order valence-electron chi connectivity index (χ3n) is 6.75. The summed E-state index contributed by atoms with van der Waals surface area (Å²) in [5.41, 5.74) is 1.42. The Balaban J connectivity index is 1.55. The Bertz CT molecular complexity index is 821. The number of piperidine rings is 1. The summed E-state index contributed by atoms with van der Waals surface area (Å²) in [6, 6.07) is 14.0. The third kappa shape index (κ3) is 3.69. The lowest BCUT2D eigenvalue weighted by atomic mass is 9.62. The van der Waals surface area contributed by atoms with Gasteiger partial charge in [-0.3, -0.25) is 4.90 Å². The van der Waals surface area contributed by atoms with Crippen LogP contribution in [0.2, 0.25) is 0 Å². The number of aliphatic hydroxyl groups is 1. The molecule has 29 heavy (non-hydrogen) atoms. The largest absolute Gasteiger partial charge is 0.497 e. The number of likely N-dealkylation sites (tertiary alicyclic amines) is 1. The molecule has 0 unspecified atom stereocenters. The number of ether oxygens (including phenoxy) is 3. The summed E-state index contributed by atoms with van der Waals surface area (Å²) in [5, 5.41) is 11.8. The summed E-state index contributed by atoms with van der Waals surface area (Å²) in [7, 11) is 5.04. The maximum atomic E-state index is 11.8. The van der Waals surface area contributed by atoms with Crippen LogP contribution in [-0.4, -0.2) is 44.4 Å². The summed E-state index contributed by atoms with van der Waals surface area (Å²) >= 11 is 0. The van der Waals surface area contributed by atoms with E-state index in [0.717, 1.165) is 60.9 Å². The molecule has 2 aromatic rings. The first-order chi connectivity index (χ1) is 14.1. The highest BCUT2D eigenvalue weighted by molar-refractivity contribution is 5.41. The van der Waals surface area contributed by atoms with Crippen LogP contribution in [-0.2, 0) is 12.1 Å². The van der Waals surface area contributed by atoms with E-state index in [-0.39, 0.29) is 11.8 Å². The summed E-state index contributed by atoms with van der Waals surface area (Å²) in [4.78, 5) is 2.47. The Hall–Kier alpha value is -2.24. The first kappa shape index (κ1) is 20.0. The van der Waals surface area contributed by atoms with Crippen LogP contribution >= 0.6 is 0 Å². The minimum Gasteiger partial charge on any atom is -0.497 e. The van der Waals surface area contributed by atoms with Crippen LogP contribution in [0.1, 0.15) is 30.4 Å². The van der Waals surface area contributed by atoms with Gasteiger partial charge in [-0.15, -0.1) is 0 Å². The second-order valence-corrected chi connectivity index (χ2v) is 8.25. The van der Waals surface area contributed by atoms with E-state index >= 15 is 0 Å². The number of fused-ring (bicyclic) bond motifs is 2. The molecule has 1 saturated carbocycles. The molecule has 5 nitrogen and oxygen atoms in total. The van der Waals surface area contributed by atoms with E-state index in [1.165, 1.54) is 6.42 Å². The van der Waals surface area contributed by atoms with Crippen molar-refractivity contribution in [3.8, 4) is 17.2 Å². The molecule has 2 aliphatic rings. The zero-order valence-corrected chi connectivity index (χ0v) is 17.6. The fourth-order valence-electron chi connectivity index (χ4n) is 5.22. The van der Waals surface area contributed by atoms with Gasteiger partial charge >= 0.3 is 0 Å². The summed E-state index contributed by atoms with van der Waals surface area (Å²) in [6.45, 7) is 2.58. The van der Waals surface area contributed by atoms with Crippen LogP contribution in [0.25, 0.3) is 0 Å². The lowest BCUT2D eigenvalue weighted by Crippen LogP contribution is -2.57. The molecule has 2 aromatic carbocycles. The number of rotatable bonds is 6. The van der Waals surface area contributed by atoms with Crippen molar-refractivity contribution in [3.63, 3.8) is 0 Å². The normalized spacial score (nSPS) is 26.8. The number of hydrogen-bond acceptors (Lipinski definition) is 5. The predicted octanol–water partition coefficient (Wildman–Crippen LogP) is 3.83. The third-order valence-corrected chi connectivity index (χ3v) is 6.75. The van der Waals surface area contributed by atoms with Crippen LogP contribution in [0.4, 0.5) is 0 Å². The Labute approximate surface area is 173 Å². The van der Waals surface area contributed by atoms with Crippen LogP contribution < -0.4 is 14.2 Å². The van der Waals surface area contributed by atoms with Gasteiger partial charge in [0.2, 0.25) is 0 Å². The Morgan fingerprint density at radius 3 is 2.10 bits per heavy atom. The second kappa shape index (κ2) is 8.25. The van der Waals surface area contributed by atoms with Crippen molar-refractivity contribution in [2.45, 2.75) is 31.4 Å². The summed E-state index contributed by atoms with van der Waals surface area (Å²) in [5.74, 6) is 2.94. The molecule has 1 saturated heterocycles. The minimum absolute atomic E-state index is 0.229. The van der Waals surface area contributed by atoms with Crippen LogP contribution in [0.5, 0.6) is 17.2 Å². The molecule has 2 atom stereocenters. The lowest BCUT2D eigenvalue weighted by molar-refractivity contribution is -0.148. The standard InChI is InChI=1S/C24H31NO4/c1-27-21-11-8-18(9-12-21)24(26)19-5-4-6-20(24)16-25(15-19)14-17-7-10-22(28-2)13-23(17)29-3/h7-13,19-20,26H,4-6,14-16H2,1-3H3/t19-,20-/m0/s1. The number of benzene rings is 2. The van der Waals surface area contributed by atoms with Gasteiger partial charge in [0.1, 0.15) is 17.2 Å². The molecule has 1 heterocycles. The summed E-state index contributed by atoms with van der Waals surface area (Å²) in [6.07, 6.45) is 3.29. The van der Waals surface area contributed by atoms with Gasteiger partial charge in [0.25, 0.3) is 0 Å². The molecule has 0 spiro atoms. The van der Waals surface area contributed by atoms with Gasteiger partial charge in [0.05, 0.1) is 26.9 Å². The molecule has 0 aromatic heterocycles. The monoisotopic (exact) mass is 397 g/mol. The van der Waals surface area contributed by atoms with E-state index in [2.05, 4.69) is 11.0 Å². The van der Waals surface area contributed by atoms with Gasteiger partial charge in [-0.1, -0.05) is 24.6 Å². The quantitative estimate of drug-likeness (QED) is 0.803. The summed E-state index contributed by atoms with van der Waals surface area (Å²) < 4.78 is 16.2. The molecular formula is C24H31NO4. The van der Waals surface area contributed by atoms with E-state index < -0.39 is 5.60 Å². The molecule has 4 rings (SSSR count). The number of hydrogen-bond donors (Lipinski definition) is 1. The smallest absolute Gasteiger partial charge is 0.127 e. The first-order valence-electron chi connectivity index (χ1n) is 10.4. The van der Waals surface area contributed by atoms with Crippen LogP contribution in [0.3, 0.4) is 0 Å². The molecular weight excluding hydrogens is 366 g/mol. The topological polar surface area (TPSA) is 51.2 Å². The van der Waals surface area contributed by atoms with Crippen molar-refractivity contribution < 1.29 is 19.3 Å². The minimum atomic E-state index is -0.759. The molecule has 0 amide bonds. The molecule has 1 aliphatic heterocycles. The van der Waals surface area contributed by atoms with Gasteiger partial charge in [0.15, 0.2) is 0 Å². The van der Waals surface area contributed by atoms with Crippen molar-refractivity contribution in [2.75, 3.05) is 34.4 Å². The molecule has 1 N–H and O–H groups in total. The Morgan fingerprint density at radius 1 is 0.897 bits per heavy atom. The molecule has 1 aliphatic carbocycles. The lowest BCUT2D eigenvalue weighted by Gasteiger charge is -2.53. The molecule has 156 valence electrons. The van der Waals surface area contributed by atoms with Gasteiger partial charge in [-0.2, -0.15) is 0 Å². The van der Waals surface area contributed by atoms with Crippen LogP contribution in [0.15, 0.2) is 42.5 Å². The van der Waals surface area contributed by atoms with Crippen molar-refractivity contribution in [1.29, 1.82) is 0 Å². The Morgan fingerprint density at radius 2 is 1.52 bits per heavy atom. The maximum Gasteiger partial charge on any atom is 0.127 e. The average molecular weight is 398 g/mol. The highest BCUT2D eigenvalue weighted by atomic mass is 16.5. The van der Waals surface area contributed by atoms with E-state index in [1.807, 2.05) is 36.4 Å². The molecule has 0 radical (unpaired) electrons. The van der Waals surface area contributed by atoms with E-state index in [1.54, 1.807) is 21.3 Å². The molecule has 2 bridgehead atoms. The predicted molar refractivity (Wildman–Crippen MR) is 113 cm³/mol. The average Bonchev–Trinajstić information content (AvgIpc) is 2.74. The van der Waals surface area contributed by atoms with E-state index in [0.29, 0.717) is 0 Å². The van der Waals surface area contributed by atoms with Crippen molar-refractivity contribution in [1.82, 2.24) is 4.90 Å². The molecule has 5 heteroatoms. The SMILES string of the molecule is COc1ccc(C2(O)[C@H]3CCC[C@H]2CN(Cc2ccc(OC)cc2OC)C3)cc1. The van der Waals surface area contributed by atoms with Crippen molar-refractivity contribution in [3.05, 3.63) is 53.6 Å². The zero-order chi connectivity index (χ0) is 20.4. The van der Waals surface area contributed by atoms with Crippen LogP contribution in [0, 0.1) is 11.8 Å². The van der Waals surface area contributed by atoms with Gasteiger partial charge < -0.3 is 19.3 Å². The van der Waals surface area contributed by atoms with E-state index in [9.17, 15) is 5.11 Å². The number of methoxy groups -OCH3 is 3. The second-order valence-electron chi connectivity index (χ2n) is 8.25.